The summed E-state index contributed by atoms with van der Waals surface area (Å²) in [4.78, 5) is 6.13. The van der Waals surface area contributed by atoms with Crippen molar-refractivity contribution in [1.29, 1.82) is 0 Å². The molecule has 3 nitrogen and oxygen atoms in total. The Bertz CT molecular complexity index is 432. The lowest BCUT2D eigenvalue weighted by Crippen LogP contribution is -2.30. The third-order valence-electron chi connectivity index (χ3n) is 2.07. The van der Waals surface area contributed by atoms with Gasteiger partial charge in [-0.05, 0) is 22.0 Å². The number of nitrogens with zero attached hydrogens (tertiary/aromatic N) is 2. The zero-order valence-electron chi connectivity index (χ0n) is 8.42. The van der Waals surface area contributed by atoms with Crippen LogP contribution in [0.3, 0.4) is 0 Å². The summed E-state index contributed by atoms with van der Waals surface area (Å²) in [6.45, 7) is 0.624. The number of aliphatic imine (C=N–C) groups is 1. The molecule has 0 saturated carbocycles. The molecule has 0 fully saturated rings. The second kappa shape index (κ2) is 4.02. The van der Waals surface area contributed by atoms with Crippen molar-refractivity contribution in [3.63, 3.8) is 0 Å². The molecule has 5 heteroatoms. The Morgan fingerprint density at radius 1 is 1.47 bits per heavy atom. The summed E-state index contributed by atoms with van der Waals surface area (Å²) in [6.07, 6.45) is 0. The van der Waals surface area contributed by atoms with Gasteiger partial charge in [0.2, 0.25) is 0 Å². The zero-order chi connectivity index (χ0) is 11.0. The summed E-state index contributed by atoms with van der Waals surface area (Å²) in [5.74, 6) is 0.780. The molecule has 0 amide bonds. The van der Waals surface area contributed by atoms with Gasteiger partial charge in [-0.3, -0.25) is 0 Å². The SMILES string of the molecule is CN(C)C1=NCc2cc(Br)c(Cl)cc2O1. The van der Waals surface area contributed by atoms with Crippen LogP contribution in [-0.2, 0) is 6.54 Å². The molecule has 1 aliphatic heterocycles. The molecular weight excluding hydrogens is 279 g/mol. The highest BCUT2D eigenvalue weighted by molar-refractivity contribution is 9.10. The van der Waals surface area contributed by atoms with Gasteiger partial charge in [-0.2, -0.15) is 0 Å². The van der Waals surface area contributed by atoms with Gasteiger partial charge in [-0.1, -0.05) is 11.6 Å². The van der Waals surface area contributed by atoms with Gasteiger partial charge in [0.05, 0.1) is 11.6 Å². The number of hydrogen-bond acceptors (Lipinski definition) is 3. The van der Waals surface area contributed by atoms with Crippen LogP contribution < -0.4 is 4.74 Å². The number of rotatable bonds is 0. The zero-order valence-corrected chi connectivity index (χ0v) is 10.8. The molecule has 0 bridgehead atoms. The van der Waals surface area contributed by atoms with Gasteiger partial charge in [0.25, 0.3) is 6.02 Å². The average Bonchev–Trinajstić information content (AvgIpc) is 2.19. The molecule has 0 atom stereocenters. The Labute approximate surface area is 102 Å². The molecule has 0 spiro atoms. The molecule has 0 unspecified atom stereocenters. The van der Waals surface area contributed by atoms with Crippen molar-refractivity contribution < 1.29 is 4.74 Å². The van der Waals surface area contributed by atoms with Crippen molar-refractivity contribution in [2.24, 2.45) is 4.99 Å². The van der Waals surface area contributed by atoms with E-state index in [9.17, 15) is 0 Å². The summed E-state index contributed by atoms with van der Waals surface area (Å²) in [5.41, 5.74) is 1.04. The van der Waals surface area contributed by atoms with Gasteiger partial charge in [-0.15, -0.1) is 0 Å². The molecule has 0 saturated heterocycles. The largest absolute Gasteiger partial charge is 0.426 e. The standard InChI is InChI=1S/C10H10BrClN2O/c1-14(2)10-13-5-6-3-7(11)8(12)4-9(6)15-10/h3-4H,5H2,1-2H3. The molecule has 1 heterocycles. The molecule has 0 N–H and O–H groups in total. The molecule has 0 aromatic heterocycles. The summed E-state index contributed by atoms with van der Waals surface area (Å²) in [6, 6.07) is 4.35. The third-order valence-corrected chi connectivity index (χ3v) is 3.27. The van der Waals surface area contributed by atoms with Crippen molar-refractivity contribution in [2.45, 2.75) is 6.54 Å². The van der Waals surface area contributed by atoms with Crippen LogP contribution in [0.25, 0.3) is 0 Å². The predicted octanol–water partition coefficient (Wildman–Crippen LogP) is 2.91. The lowest BCUT2D eigenvalue weighted by molar-refractivity contribution is 0.413. The molecule has 15 heavy (non-hydrogen) atoms. The smallest absolute Gasteiger partial charge is 0.292 e. The Balaban J connectivity index is 2.36. The average molecular weight is 290 g/mol. The lowest BCUT2D eigenvalue weighted by atomic mass is 10.2. The van der Waals surface area contributed by atoms with E-state index in [4.69, 9.17) is 16.3 Å². The minimum Gasteiger partial charge on any atom is -0.426 e. The molecule has 1 aromatic rings. The quantitative estimate of drug-likeness (QED) is 0.733. The fourth-order valence-electron chi connectivity index (χ4n) is 1.30. The number of fused-ring (bicyclic) bond motifs is 1. The molecule has 0 aliphatic carbocycles. The van der Waals surface area contributed by atoms with E-state index in [1.54, 1.807) is 6.07 Å². The fourth-order valence-corrected chi connectivity index (χ4v) is 1.85. The van der Waals surface area contributed by atoms with E-state index in [1.807, 2.05) is 25.1 Å². The molecular formula is C10H10BrClN2O. The number of amidine groups is 1. The summed E-state index contributed by atoms with van der Waals surface area (Å²) < 4.78 is 6.47. The first kappa shape index (κ1) is 10.8. The summed E-state index contributed by atoms with van der Waals surface area (Å²) >= 11 is 9.36. The first-order chi connectivity index (χ1) is 7.08. The lowest BCUT2D eigenvalue weighted by Gasteiger charge is -2.22. The van der Waals surface area contributed by atoms with E-state index in [1.165, 1.54) is 0 Å². The van der Waals surface area contributed by atoms with Crippen LogP contribution in [0.4, 0.5) is 0 Å². The molecule has 80 valence electrons. The maximum absolute atomic E-state index is 5.99. The number of halogens is 2. The number of hydrogen-bond donors (Lipinski definition) is 0. The summed E-state index contributed by atoms with van der Waals surface area (Å²) in [7, 11) is 3.79. The van der Waals surface area contributed by atoms with Gasteiger partial charge in [0.15, 0.2) is 0 Å². The Morgan fingerprint density at radius 2 is 2.20 bits per heavy atom. The van der Waals surface area contributed by atoms with Gasteiger partial charge in [0, 0.05) is 30.2 Å². The minimum atomic E-state index is 0.612. The highest BCUT2D eigenvalue weighted by atomic mass is 79.9. The molecule has 1 aromatic carbocycles. The van der Waals surface area contributed by atoms with Crippen LogP contribution in [0.5, 0.6) is 5.75 Å². The Kier molecular flexibility index (Phi) is 2.89. The van der Waals surface area contributed by atoms with Crippen LogP contribution in [0.2, 0.25) is 5.02 Å². The fraction of sp³-hybridized carbons (Fsp3) is 0.300. The van der Waals surface area contributed by atoms with E-state index in [-0.39, 0.29) is 0 Å². The highest BCUT2D eigenvalue weighted by Gasteiger charge is 2.16. The minimum absolute atomic E-state index is 0.612. The number of benzene rings is 1. The van der Waals surface area contributed by atoms with Gasteiger partial charge in [0.1, 0.15) is 5.75 Å². The van der Waals surface area contributed by atoms with Crippen molar-refractivity contribution in [3.05, 3.63) is 27.2 Å². The highest BCUT2D eigenvalue weighted by Crippen LogP contribution is 2.33. The van der Waals surface area contributed by atoms with Crippen LogP contribution >= 0.6 is 27.5 Å². The topological polar surface area (TPSA) is 24.8 Å². The summed E-state index contributed by atoms with van der Waals surface area (Å²) in [5, 5.41) is 0.647. The molecule has 2 rings (SSSR count). The van der Waals surface area contributed by atoms with Crippen molar-refractivity contribution in [2.75, 3.05) is 14.1 Å². The number of ether oxygens (including phenoxy) is 1. The van der Waals surface area contributed by atoms with Gasteiger partial charge >= 0.3 is 0 Å². The second-order valence-corrected chi connectivity index (χ2v) is 4.73. The van der Waals surface area contributed by atoms with Crippen molar-refractivity contribution in [3.8, 4) is 5.75 Å². The van der Waals surface area contributed by atoms with E-state index < -0.39 is 0 Å². The van der Waals surface area contributed by atoms with Crippen LogP contribution in [0.1, 0.15) is 5.56 Å². The second-order valence-electron chi connectivity index (χ2n) is 3.47. The van der Waals surface area contributed by atoms with E-state index in [0.29, 0.717) is 17.6 Å². The molecule has 1 aliphatic rings. The third kappa shape index (κ3) is 2.11. The van der Waals surface area contributed by atoms with E-state index in [0.717, 1.165) is 15.8 Å². The molecule has 0 radical (unpaired) electrons. The van der Waals surface area contributed by atoms with E-state index in [2.05, 4.69) is 20.9 Å². The van der Waals surface area contributed by atoms with Crippen LogP contribution in [-0.4, -0.2) is 25.0 Å². The van der Waals surface area contributed by atoms with Crippen molar-refractivity contribution >= 4 is 33.6 Å². The maximum atomic E-state index is 5.99. The van der Waals surface area contributed by atoms with Gasteiger partial charge < -0.3 is 9.64 Å². The van der Waals surface area contributed by atoms with Crippen LogP contribution in [0.15, 0.2) is 21.6 Å². The van der Waals surface area contributed by atoms with E-state index >= 15 is 0 Å². The first-order valence-electron chi connectivity index (χ1n) is 4.45. The van der Waals surface area contributed by atoms with Gasteiger partial charge in [-0.25, -0.2) is 4.99 Å². The Hall–Kier alpha value is -0.740. The van der Waals surface area contributed by atoms with Crippen molar-refractivity contribution in [1.82, 2.24) is 4.90 Å². The monoisotopic (exact) mass is 288 g/mol. The Morgan fingerprint density at radius 3 is 2.87 bits per heavy atom. The maximum Gasteiger partial charge on any atom is 0.292 e. The van der Waals surface area contributed by atoms with Crippen LogP contribution in [0, 0.1) is 0 Å². The first-order valence-corrected chi connectivity index (χ1v) is 5.62. The normalized spacial score (nSPS) is 14.0. The predicted molar refractivity (Wildman–Crippen MR) is 64.6 cm³/mol.